The van der Waals surface area contributed by atoms with Crippen molar-refractivity contribution in [1.29, 1.82) is 0 Å². The highest BCUT2D eigenvalue weighted by molar-refractivity contribution is 7.87. The van der Waals surface area contributed by atoms with Crippen LogP contribution in [0.2, 0.25) is 0 Å². The Morgan fingerprint density at radius 2 is 1.91 bits per heavy atom. The highest BCUT2D eigenvalue weighted by Gasteiger charge is 2.27. The maximum Gasteiger partial charge on any atom is 0.228 e. The van der Waals surface area contributed by atoms with E-state index in [1.165, 1.54) is 28.9 Å². The SMILES string of the molecule is Cc1ccc2nc(N3CCS(=NC4CC4)c4ccccc4C3)nc(N3CC[C@@H](N)C3)c2c1. The molecule has 3 aromatic rings. The summed E-state index contributed by atoms with van der Waals surface area (Å²) in [5.74, 6) is 2.89. The Bertz CT molecular complexity index is 1200. The van der Waals surface area contributed by atoms with Gasteiger partial charge in [-0.3, -0.25) is 4.36 Å². The molecule has 2 fully saturated rings. The second kappa shape index (κ2) is 8.12. The molecule has 7 heteroatoms. The number of aromatic nitrogens is 2. The number of fused-ring (bicyclic) bond motifs is 2. The van der Waals surface area contributed by atoms with Gasteiger partial charge in [-0.15, -0.1) is 0 Å². The highest BCUT2D eigenvalue weighted by atomic mass is 32.2. The Morgan fingerprint density at radius 1 is 1.03 bits per heavy atom. The lowest BCUT2D eigenvalue weighted by Gasteiger charge is -2.25. The van der Waals surface area contributed by atoms with Crippen LogP contribution in [0.3, 0.4) is 0 Å². The van der Waals surface area contributed by atoms with E-state index in [1.807, 2.05) is 0 Å². The van der Waals surface area contributed by atoms with Gasteiger partial charge in [0.05, 0.1) is 11.6 Å². The van der Waals surface area contributed by atoms with Crippen LogP contribution >= 0.6 is 0 Å². The van der Waals surface area contributed by atoms with E-state index in [0.717, 1.165) is 61.0 Å². The van der Waals surface area contributed by atoms with Crippen molar-refractivity contribution in [3.05, 3.63) is 53.6 Å². The van der Waals surface area contributed by atoms with Crippen molar-refractivity contribution in [2.75, 3.05) is 35.2 Å². The first-order valence-corrected chi connectivity index (χ1v) is 13.0. The van der Waals surface area contributed by atoms with Gasteiger partial charge in [-0.25, -0.2) is 4.98 Å². The average Bonchev–Trinajstić information content (AvgIpc) is 3.55. The fraction of sp³-hybridized carbons (Fsp3) is 0.440. The lowest BCUT2D eigenvalue weighted by Crippen LogP contribution is -2.30. The number of nitrogens with two attached hydrogens (primary N) is 1. The molecule has 0 spiro atoms. The summed E-state index contributed by atoms with van der Waals surface area (Å²) < 4.78 is 5.16. The summed E-state index contributed by atoms with van der Waals surface area (Å²) >= 11 is 0. The molecule has 1 aromatic heterocycles. The van der Waals surface area contributed by atoms with Gasteiger partial charge in [-0.05, 0) is 49.9 Å². The lowest BCUT2D eigenvalue weighted by molar-refractivity contribution is 0.751. The second-order valence-electron chi connectivity index (χ2n) is 9.30. The first-order valence-electron chi connectivity index (χ1n) is 11.7. The summed E-state index contributed by atoms with van der Waals surface area (Å²) in [7, 11) is -0.0405. The zero-order valence-corrected chi connectivity index (χ0v) is 19.4. The van der Waals surface area contributed by atoms with Gasteiger partial charge < -0.3 is 15.5 Å². The van der Waals surface area contributed by atoms with Crippen molar-refractivity contribution < 1.29 is 0 Å². The van der Waals surface area contributed by atoms with Crippen LogP contribution in [0.15, 0.2) is 51.7 Å². The fourth-order valence-corrected chi connectivity index (χ4v) is 6.75. The van der Waals surface area contributed by atoms with Crippen LogP contribution in [0.4, 0.5) is 11.8 Å². The second-order valence-corrected chi connectivity index (χ2v) is 11.1. The van der Waals surface area contributed by atoms with Crippen LogP contribution in [-0.4, -0.2) is 47.4 Å². The molecule has 0 bridgehead atoms. The van der Waals surface area contributed by atoms with E-state index in [1.54, 1.807) is 0 Å². The maximum absolute atomic E-state index is 6.25. The monoisotopic (exact) mass is 446 g/mol. The predicted octanol–water partition coefficient (Wildman–Crippen LogP) is 3.82. The molecule has 3 heterocycles. The third kappa shape index (κ3) is 3.88. The molecule has 2 aromatic carbocycles. The molecular weight excluding hydrogens is 416 g/mol. The minimum atomic E-state index is -0.0405. The molecule has 166 valence electrons. The lowest BCUT2D eigenvalue weighted by atomic mass is 10.1. The quantitative estimate of drug-likeness (QED) is 0.662. The summed E-state index contributed by atoms with van der Waals surface area (Å²) in [6, 6.07) is 16.1. The minimum Gasteiger partial charge on any atom is -0.354 e. The van der Waals surface area contributed by atoms with Crippen LogP contribution in [0.25, 0.3) is 10.9 Å². The zero-order valence-electron chi connectivity index (χ0n) is 18.6. The number of aryl methyl sites for hydroxylation is 1. The average molecular weight is 447 g/mol. The molecule has 2 aliphatic heterocycles. The smallest absolute Gasteiger partial charge is 0.228 e. The largest absolute Gasteiger partial charge is 0.354 e. The van der Waals surface area contributed by atoms with E-state index in [4.69, 9.17) is 20.1 Å². The van der Waals surface area contributed by atoms with Crippen LogP contribution in [0.1, 0.15) is 30.4 Å². The van der Waals surface area contributed by atoms with Crippen LogP contribution in [0, 0.1) is 6.92 Å². The number of anilines is 2. The normalized spacial score (nSPS) is 23.6. The Labute approximate surface area is 191 Å². The molecule has 32 heavy (non-hydrogen) atoms. The molecule has 6 nitrogen and oxygen atoms in total. The van der Waals surface area contributed by atoms with Gasteiger partial charge in [-0.1, -0.05) is 40.5 Å². The third-order valence-electron chi connectivity index (χ3n) is 6.59. The standard InChI is InChI=1S/C25H30N6S/c1-17-6-9-22-21(14-17)24(30-11-10-19(26)16-30)28-25(27-22)31-12-13-32(29-20-7-8-20)23-5-3-2-4-18(23)15-31/h2-6,9,14,19-20H,7-8,10-13,15-16,26H2,1H3/t19-,32?/m1/s1. The number of hydrogen-bond donors (Lipinski definition) is 1. The summed E-state index contributed by atoms with van der Waals surface area (Å²) in [4.78, 5) is 16.3. The van der Waals surface area contributed by atoms with Gasteiger partial charge in [0.1, 0.15) is 5.82 Å². The molecule has 1 unspecified atom stereocenters. The topological polar surface area (TPSA) is 70.6 Å². The van der Waals surface area contributed by atoms with Gasteiger partial charge in [-0.2, -0.15) is 4.98 Å². The summed E-state index contributed by atoms with van der Waals surface area (Å²) in [5, 5.41) is 1.13. The molecular formula is C25H30N6S. The van der Waals surface area contributed by atoms with E-state index in [-0.39, 0.29) is 16.7 Å². The molecule has 0 radical (unpaired) electrons. The van der Waals surface area contributed by atoms with Gasteiger partial charge >= 0.3 is 0 Å². The van der Waals surface area contributed by atoms with E-state index in [9.17, 15) is 0 Å². The molecule has 1 aliphatic carbocycles. The maximum atomic E-state index is 6.25. The molecule has 1 saturated heterocycles. The van der Waals surface area contributed by atoms with Crippen molar-refractivity contribution in [1.82, 2.24) is 9.97 Å². The highest BCUT2D eigenvalue weighted by Crippen LogP contribution is 2.33. The Hall–Kier alpha value is -2.51. The molecule has 1 saturated carbocycles. The predicted molar refractivity (Wildman–Crippen MR) is 133 cm³/mol. The van der Waals surface area contributed by atoms with Crippen molar-refractivity contribution in [2.45, 2.75) is 49.7 Å². The van der Waals surface area contributed by atoms with E-state index in [2.05, 4.69) is 59.2 Å². The van der Waals surface area contributed by atoms with Crippen LogP contribution in [-0.2, 0) is 17.2 Å². The Morgan fingerprint density at radius 3 is 2.72 bits per heavy atom. The zero-order chi connectivity index (χ0) is 21.7. The van der Waals surface area contributed by atoms with E-state index < -0.39 is 0 Å². The van der Waals surface area contributed by atoms with Gasteiger partial charge in [0.15, 0.2) is 0 Å². The van der Waals surface area contributed by atoms with E-state index in [0.29, 0.717) is 6.04 Å². The third-order valence-corrected chi connectivity index (χ3v) is 8.62. The molecule has 0 amide bonds. The van der Waals surface area contributed by atoms with Crippen LogP contribution in [0.5, 0.6) is 0 Å². The molecule has 2 atom stereocenters. The molecule has 6 rings (SSSR count). The molecule has 2 N–H and O–H groups in total. The first kappa shape index (κ1) is 20.1. The number of hydrogen-bond acceptors (Lipinski definition) is 6. The Balaban J connectivity index is 1.42. The first-order chi connectivity index (χ1) is 15.6. The Kier molecular flexibility index (Phi) is 5.11. The number of rotatable bonds is 3. The number of benzene rings is 2. The summed E-state index contributed by atoms with van der Waals surface area (Å²) in [6.45, 7) is 5.68. The van der Waals surface area contributed by atoms with Gasteiger partial charge in [0.25, 0.3) is 0 Å². The minimum absolute atomic E-state index is 0.0405. The molecule has 3 aliphatic rings. The van der Waals surface area contributed by atoms with Gasteiger partial charge in [0, 0.05) is 48.3 Å². The van der Waals surface area contributed by atoms with Crippen molar-refractivity contribution >= 4 is 33.4 Å². The van der Waals surface area contributed by atoms with Crippen molar-refractivity contribution in [3.8, 4) is 0 Å². The number of nitrogens with zero attached hydrogens (tertiary/aromatic N) is 5. The van der Waals surface area contributed by atoms with Crippen LogP contribution < -0.4 is 15.5 Å². The summed E-state index contributed by atoms with van der Waals surface area (Å²) in [5.41, 5.74) is 9.84. The van der Waals surface area contributed by atoms with E-state index >= 15 is 0 Å². The van der Waals surface area contributed by atoms with Gasteiger partial charge in [0.2, 0.25) is 5.95 Å². The van der Waals surface area contributed by atoms with Crippen molar-refractivity contribution in [2.24, 2.45) is 10.1 Å². The van der Waals surface area contributed by atoms with Crippen molar-refractivity contribution in [3.63, 3.8) is 0 Å². The fourth-order valence-electron chi connectivity index (χ4n) is 4.67. The summed E-state index contributed by atoms with van der Waals surface area (Å²) in [6.07, 6.45) is 3.52.